The number of nitrogens with zero attached hydrogens (tertiary/aromatic N) is 3. The number of carboxylic acid groups (broad SMARTS) is 2. The van der Waals surface area contributed by atoms with Crippen molar-refractivity contribution in [3.05, 3.63) is 292 Å². The fraction of sp³-hybridized carbons (Fsp3) is 0.281. The third-order valence-electron chi connectivity index (χ3n) is 16.6. The number of esters is 2. The van der Waals surface area contributed by atoms with Gasteiger partial charge < -0.3 is 44.2 Å². The van der Waals surface area contributed by atoms with E-state index >= 15 is 0 Å². The number of nitrogen functional groups attached to an aromatic ring is 1. The molecule has 0 radical (unpaired) electrons. The van der Waals surface area contributed by atoms with Crippen LogP contribution in [-0.4, -0.2) is 97.7 Å². The van der Waals surface area contributed by atoms with Crippen LogP contribution in [0.5, 0.6) is 17.2 Å². The molecule has 0 saturated carbocycles. The summed E-state index contributed by atoms with van der Waals surface area (Å²) >= 11 is 21.9. The molecule has 604 valence electrons. The van der Waals surface area contributed by atoms with Crippen LogP contribution in [0.4, 0.5) is 5.69 Å². The standard InChI is InChI=1S/C28H30ClNO5.C24H22ClNO5.C21H24ClNO5.C7H7Br.C7H7NO2.2CH4/c1-6-24(31)20-13-12-19(29)15-21(20)22-16-26(32)30(17-25(22)34-5)23(27(33)35-28(2,3)4)14-18-10-8-7-9-11-18;1-3-21(27)17-10-9-16(25)12-18(17)19-13-23(28)26(14-22(19)31-2)20(24(29)30)11-15-7-5-4-6-8-15;1-6-17(24)14-8-7-13(22)9-15(14)16-10-19(25)23(11-18(16)27-5)12-20(26)28-21(2,3)4;8-6-7-4-2-1-3-5-7;8-6-3-1-5(2-4-6)7(9)10;;/h7-13,15-17,23H,6,14H2,1-5H3;4-10,12-14,20H,3,11H2,1-2H3,(H,29,30);7-11H,6,12H2,1-5H3;1-5H,6H2;1-4H,8H2,(H,9,10);2*1H4. The van der Waals surface area contributed by atoms with Crippen LogP contribution in [0.25, 0.3) is 33.4 Å². The highest BCUT2D eigenvalue weighted by molar-refractivity contribution is 9.08. The number of ketones is 3. The number of carbonyl (C=O) groups is 7. The SMILES string of the molecule is BrCc1ccccc1.C.C.CCC(=O)c1ccc(Cl)cc1-c1cc(=O)n(C(Cc2ccccc2)C(=O)O)cc1OC.CCC(=O)c1ccc(Cl)cc1-c1cc(=O)n(C(Cc2ccccc2)C(=O)OC(C)(C)C)cc1OC.CCC(=O)c1ccc(Cl)cc1-c1cc(=O)n(CC(=O)OC(C)(C)C)cc1OC.Nc1ccc(C(=O)O)cc1. The number of Topliss-reactive ketones (excluding diaryl/α,β-unsaturated/α-hetero) is 3. The number of halogens is 4. The molecule has 7 aromatic carbocycles. The number of hydrogen-bond donors (Lipinski definition) is 3. The monoisotopic (exact) mass is 1680 g/mol. The van der Waals surface area contributed by atoms with E-state index in [4.69, 9.17) is 69.3 Å². The van der Waals surface area contributed by atoms with Gasteiger partial charge in [-0.2, -0.15) is 0 Å². The molecular formula is C89H98BrCl3N4O17. The second-order valence-electron chi connectivity index (χ2n) is 27.0. The van der Waals surface area contributed by atoms with Crippen LogP contribution in [0.15, 0.2) is 221 Å². The van der Waals surface area contributed by atoms with Crippen molar-refractivity contribution in [2.24, 2.45) is 0 Å². The number of carboxylic acids is 2. The Hall–Kier alpha value is -11.2. The number of alkyl halides is 1. The molecule has 0 aliphatic rings. The van der Waals surface area contributed by atoms with Gasteiger partial charge in [0.2, 0.25) is 0 Å². The Morgan fingerprint density at radius 1 is 0.447 bits per heavy atom. The average molecular weight is 1680 g/mol. The quantitative estimate of drug-likeness (QED) is 0.0219. The topological polar surface area (TPSA) is 298 Å². The zero-order chi connectivity index (χ0) is 82.7. The van der Waals surface area contributed by atoms with Crippen molar-refractivity contribution in [3.8, 4) is 50.6 Å². The predicted molar refractivity (Wildman–Crippen MR) is 455 cm³/mol. The summed E-state index contributed by atoms with van der Waals surface area (Å²) in [4.78, 5) is 124. The summed E-state index contributed by atoms with van der Waals surface area (Å²) in [7, 11) is 4.35. The van der Waals surface area contributed by atoms with Crippen molar-refractivity contribution in [1.29, 1.82) is 0 Å². The Balaban J connectivity index is 0.000000322. The van der Waals surface area contributed by atoms with Crippen LogP contribution < -0.4 is 36.6 Å². The summed E-state index contributed by atoms with van der Waals surface area (Å²) in [6.07, 6.45) is 5.59. The second kappa shape index (κ2) is 44.9. The van der Waals surface area contributed by atoms with Crippen molar-refractivity contribution >= 4 is 97.6 Å². The minimum absolute atomic E-state index is 0. The number of methoxy groups -OCH3 is 3. The number of anilines is 1. The van der Waals surface area contributed by atoms with Crippen molar-refractivity contribution < 1.29 is 67.5 Å². The fourth-order valence-corrected chi connectivity index (χ4v) is 12.1. The van der Waals surface area contributed by atoms with Gasteiger partial charge in [-0.1, -0.05) is 177 Å². The lowest BCUT2D eigenvalue weighted by molar-refractivity contribution is -0.159. The second-order valence-corrected chi connectivity index (χ2v) is 28.9. The van der Waals surface area contributed by atoms with E-state index in [1.165, 1.54) is 84.9 Å². The molecule has 0 aliphatic carbocycles. The van der Waals surface area contributed by atoms with E-state index in [2.05, 4.69) is 28.1 Å². The summed E-state index contributed by atoms with van der Waals surface area (Å²) in [6, 6.07) is 51.4. The van der Waals surface area contributed by atoms with Gasteiger partial charge in [-0.05, 0) is 154 Å². The third-order valence-corrected chi connectivity index (χ3v) is 17.9. The zero-order valence-corrected chi connectivity index (χ0v) is 68.0. The molecule has 2 atom stereocenters. The van der Waals surface area contributed by atoms with Crippen LogP contribution in [-0.2, 0) is 48.6 Å². The number of carbonyl (C=O) groups excluding carboxylic acids is 5. The number of hydrogen-bond acceptors (Lipinski definition) is 16. The van der Waals surface area contributed by atoms with Crippen molar-refractivity contribution in [2.45, 2.75) is 144 Å². The smallest absolute Gasteiger partial charge is 0.335 e. The van der Waals surface area contributed by atoms with Gasteiger partial charge in [0, 0.05) is 110 Å². The molecule has 4 N–H and O–H groups in total. The van der Waals surface area contributed by atoms with Crippen LogP contribution in [0, 0.1) is 0 Å². The number of rotatable bonds is 24. The highest BCUT2D eigenvalue weighted by Gasteiger charge is 2.31. The number of ether oxygens (including phenoxy) is 5. The maximum atomic E-state index is 13.4. The summed E-state index contributed by atoms with van der Waals surface area (Å²) in [6.45, 7) is 15.6. The zero-order valence-electron chi connectivity index (χ0n) is 64.2. The predicted octanol–water partition coefficient (Wildman–Crippen LogP) is 19.5. The van der Waals surface area contributed by atoms with E-state index in [-0.39, 0.29) is 69.3 Å². The summed E-state index contributed by atoms with van der Waals surface area (Å²) in [5.74, 6) is -2.45. The molecule has 2 unspecified atom stereocenters. The van der Waals surface area contributed by atoms with Gasteiger partial charge in [-0.25, -0.2) is 14.4 Å². The summed E-state index contributed by atoms with van der Waals surface area (Å²) in [5, 5.41) is 20.4. The van der Waals surface area contributed by atoms with Crippen LogP contribution >= 0.6 is 50.7 Å². The van der Waals surface area contributed by atoms with E-state index in [9.17, 15) is 53.1 Å². The fourth-order valence-electron chi connectivity index (χ4n) is 11.2. The lowest BCUT2D eigenvalue weighted by Gasteiger charge is -2.26. The molecular weight excluding hydrogens is 1580 g/mol. The van der Waals surface area contributed by atoms with E-state index in [1.54, 1.807) is 141 Å². The Labute approximate surface area is 688 Å². The molecule has 0 saturated heterocycles. The van der Waals surface area contributed by atoms with E-state index in [0.29, 0.717) is 95.2 Å². The first-order valence-electron chi connectivity index (χ1n) is 35.4. The van der Waals surface area contributed by atoms with Crippen molar-refractivity contribution in [3.63, 3.8) is 0 Å². The molecule has 0 aliphatic heterocycles. The van der Waals surface area contributed by atoms with Crippen LogP contribution in [0.2, 0.25) is 15.1 Å². The van der Waals surface area contributed by atoms with Gasteiger partial charge in [-0.3, -0.25) is 42.7 Å². The molecule has 10 rings (SSSR count). The number of nitrogens with two attached hydrogens (primary N) is 1. The van der Waals surface area contributed by atoms with Gasteiger partial charge in [0.05, 0.1) is 45.5 Å². The van der Waals surface area contributed by atoms with Gasteiger partial charge >= 0.3 is 23.9 Å². The van der Waals surface area contributed by atoms with Gasteiger partial charge in [0.25, 0.3) is 16.7 Å². The lowest BCUT2D eigenvalue weighted by Crippen LogP contribution is -2.36. The minimum atomic E-state index is -1.13. The molecule has 0 fully saturated rings. The molecule has 0 bridgehead atoms. The van der Waals surface area contributed by atoms with Crippen molar-refractivity contribution in [2.75, 3.05) is 27.1 Å². The molecule has 21 nitrogen and oxygen atoms in total. The first-order valence-corrected chi connectivity index (χ1v) is 37.7. The number of pyridine rings is 3. The average Bonchev–Trinajstić information content (AvgIpc) is 0.783. The number of aromatic carboxylic acids is 1. The number of aromatic nitrogens is 3. The number of benzene rings is 7. The Morgan fingerprint density at radius 3 is 1.11 bits per heavy atom. The van der Waals surface area contributed by atoms with Crippen LogP contribution in [0.3, 0.4) is 0 Å². The van der Waals surface area contributed by atoms with Gasteiger partial charge in [-0.15, -0.1) is 0 Å². The molecule has 0 amide bonds. The lowest BCUT2D eigenvalue weighted by atomic mass is 9.96. The highest BCUT2D eigenvalue weighted by Crippen LogP contribution is 2.38. The Morgan fingerprint density at radius 2 is 0.789 bits per heavy atom. The Kier molecular flexibility index (Phi) is 37.5. The third kappa shape index (κ3) is 27.9. The molecule has 3 aromatic heterocycles. The molecule has 25 heteroatoms. The molecule has 10 aromatic rings. The first-order chi connectivity index (χ1) is 53.1. The maximum Gasteiger partial charge on any atom is 0.335 e. The molecule has 0 spiro atoms. The van der Waals surface area contributed by atoms with E-state index < -0.39 is 63.8 Å². The highest BCUT2D eigenvalue weighted by atomic mass is 79.9. The Bertz CT molecular complexity index is 5130. The normalized spacial score (nSPS) is 11.1. The van der Waals surface area contributed by atoms with Gasteiger partial charge in [0.15, 0.2) is 17.3 Å². The largest absolute Gasteiger partial charge is 0.495 e. The van der Waals surface area contributed by atoms with Gasteiger partial charge in [0.1, 0.15) is 47.1 Å². The summed E-state index contributed by atoms with van der Waals surface area (Å²) < 4.78 is 31.1. The summed E-state index contributed by atoms with van der Waals surface area (Å²) in [5.41, 5.74) is 10.5. The van der Waals surface area contributed by atoms with E-state index in [1.807, 2.05) is 66.7 Å². The first kappa shape index (κ1) is 95.2. The molecule has 114 heavy (non-hydrogen) atoms. The van der Waals surface area contributed by atoms with E-state index in [0.717, 1.165) is 21.0 Å². The molecule has 3 heterocycles. The van der Waals surface area contributed by atoms with Crippen molar-refractivity contribution in [1.82, 2.24) is 13.7 Å². The number of aliphatic carboxylic acids is 1. The minimum Gasteiger partial charge on any atom is -0.495 e. The maximum absolute atomic E-state index is 13.4. The van der Waals surface area contributed by atoms with Crippen LogP contribution in [0.1, 0.15) is 167 Å².